The van der Waals surface area contributed by atoms with Gasteiger partial charge in [-0.25, -0.2) is 0 Å². The average Bonchev–Trinajstić information content (AvgIpc) is 2.74. The number of hydrogen-bond donors (Lipinski definition) is 0. The molecular weight excluding hydrogens is 412 g/mol. The summed E-state index contributed by atoms with van der Waals surface area (Å²) in [6, 6.07) is 21.2. The molecule has 3 nitrogen and oxygen atoms in total. The van der Waals surface area contributed by atoms with E-state index in [9.17, 15) is 4.79 Å². The van der Waals surface area contributed by atoms with Crippen LogP contribution in [-0.2, 0) is 14.0 Å². The van der Waals surface area contributed by atoms with Gasteiger partial charge in [-0.1, -0.05) is 99.2 Å². The molecule has 172 valence electrons. The summed E-state index contributed by atoms with van der Waals surface area (Å²) >= 11 is 0. The lowest BCUT2D eigenvalue weighted by Crippen LogP contribution is -2.66. The maximum Gasteiger partial charge on any atom is 0.303 e. The summed E-state index contributed by atoms with van der Waals surface area (Å²) < 4.78 is 12.5. The van der Waals surface area contributed by atoms with E-state index >= 15 is 0 Å². The van der Waals surface area contributed by atoms with E-state index in [4.69, 9.17) is 9.16 Å². The van der Waals surface area contributed by atoms with Crippen LogP contribution >= 0.6 is 0 Å². The minimum Gasteiger partial charge on any atom is -0.458 e. The van der Waals surface area contributed by atoms with Crippen LogP contribution in [0.3, 0.4) is 0 Å². The number of carbonyl (C=O) groups excluding carboxylic acids is 1. The molecule has 0 aliphatic carbocycles. The third kappa shape index (κ3) is 6.53. The van der Waals surface area contributed by atoms with E-state index in [1.54, 1.807) is 0 Å². The first-order chi connectivity index (χ1) is 15.1. The van der Waals surface area contributed by atoms with Gasteiger partial charge in [0, 0.05) is 13.3 Å². The number of esters is 1. The zero-order chi connectivity index (χ0) is 23.8. The fourth-order valence-corrected chi connectivity index (χ4v) is 8.55. The van der Waals surface area contributed by atoms with Crippen molar-refractivity contribution in [1.82, 2.24) is 0 Å². The van der Waals surface area contributed by atoms with Gasteiger partial charge in [0.05, 0.1) is 6.61 Å². The van der Waals surface area contributed by atoms with Gasteiger partial charge < -0.3 is 9.16 Å². The van der Waals surface area contributed by atoms with Gasteiger partial charge in [-0.15, -0.1) is 0 Å². The monoisotopic (exact) mass is 450 g/mol. The second-order valence-electron chi connectivity index (χ2n) is 9.54. The Labute approximate surface area is 195 Å². The summed E-state index contributed by atoms with van der Waals surface area (Å²) in [6.07, 6.45) is 4.58. The molecule has 0 amide bonds. The molecule has 0 radical (unpaired) electrons. The molecule has 0 heterocycles. The van der Waals surface area contributed by atoms with Crippen molar-refractivity contribution in [2.24, 2.45) is 0 Å². The molecule has 0 unspecified atom stereocenters. The van der Waals surface area contributed by atoms with Gasteiger partial charge >= 0.3 is 5.97 Å². The molecule has 0 spiro atoms. The second-order valence-corrected chi connectivity index (χ2v) is 13.8. The first-order valence-electron chi connectivity index (χ1n) is 11.3. The third-order valence-corrected chi connectivity index (χ3v) is 10.7. The van der Waals surface area contributed by atoms with Crippen molar-refractivity contribution in [3.8, 4) is 0 Å². The average molecular weight is 451 g/mol. The Morgan fingerprint density at radius 2 is 1.38 bits per heavy atom. The van der Waals surface area contributed by atoms with E-state index in [2.05, 4.69) is 95.3 Å². The Kier molecular flexibility index (Phi) is 9.23. The summed E-state index contributed by atoms with van der Waals surface area (Å²) in [7, 11) is -2.58. The molecule has 0 aromatic heterocycles. The van der Waals surface area contributed by atoms with Gasteiger partial charge in [0.2, 0.25) is 0 Å². The van der Waals surface area contributed by atoms with E-state index in [-0.39, 0.29) is 17.1 Å². The number of carbonyl (C=O) groups is 1. The van der Waals surface area contributed by atoms with Gasteiger partial charge in [0.1, 0.15) is 6.10 Å². The topological polar surface area (TPSA) is 35.5 Å². The van der Waals surface area contributed by atoms with E-state index in [1.165, 1.54) is 22.9 Å². The molecule has 2 aromatic carbocycles. The molecule has 0 aliphatic rings. The number of rotatable bonds is 9. The lowest BCUT2D eigenvalue weighted by molar-refractivity contribution is -0.144. The molecule has 32 heavy (non-hydrogen) atoms. The molecule has 2 rings (SSSR count). The van der Waals surface area contributed by atoms with Gasteiger partial charge in [-0.05, 0) is 41.8 Å². The van der Waals surface area contributed by atoms with Crippen LogP contribution in [0, 0.1) is 0 Å². The Hall–Kier alpha value is -2.43. The molecule has 0 N–H and O–H groups in total. The largest absolute Gasteiger partial charge is 0.458 e. The van der Waals surface area contributed by atoms with Gasteiger partial charge in [0.25, 0.3) is 8.32 Å². The molecule has 1 atom stereocenters. The minimum atomic E-state index is -2.58. The highest BCUT2D eigenvalue weighted by Crippen LogP contribution is 2.36. The van der Waals surface area contributed by atoms with E-state index in [0.29, 0.717) is 13.0 Å². The fraction of sp³-hybridized carbons (Fsp3) is 0.393. The summed E-state index contributed by atoms with van der Waals surface area (Å²) in [4.78, 5) is 11.6. The summed E-state index contributed by atoms with van der Waals surface area (Å²) in [5.74, 6) is -0.266. The number of benzene rings is 2. The van der Waals surface area contributed by atoms with E-state index < -0.39 is 8.32 Å². The van der Waals surface area contributed by atoms with Crippen LogP contribution in [0.25, 0.3) is 0 Å². The molecule has 0 bridgehead atoms. The minimum absolute atomic E-state index is 0.0746. The Balaban J connectivity index is 2.42. The van der Waals surface area contributed by atoms with Crippen molar-refractivity contribution in [3.63, 3.8) is 0 Å². The number of hydrogen-bond acceptors (Lipinski definition) is 3. The van der Waals surface area contributed by atoms with Gasteiger partial charge in [0.15, 0.2) is 0 Å². The summed E-state index contributed by atoms with van der Waals surface area (Å²) in [5, 5.41) is 2.44. The van der Waals surface area contributed by atoms with Crippen LogP contribution in [0.4, 0.5) is 0 Å². The summed E-state index contributed by atoms with van der Waals surface area (Å²) in [5.41, 5.74) is 2.22. The molecule has 0 saturated carbocycles. The van der Waals surface area contributed by atoms with E-state index in [0.717, 1.165) is 5.57 Å². The maximum absolute atomic E-state index is 11.6. The van der Waals surface area contributed by atoms with E-state index in [1.807, 2.05) is 19.1 Å². The fourth-order valence-electron chi connectivity index (χ4n) is 4.06. The first-order valence-corrected chi connectivity index (χ1v) is 13.2. The van der Waals surface area contributed by atoms with Crippen LogP contribution < -0.4 is 10.4 Å². The van der Waals surface area contributed by atoms with Crippen LogP contribution in [0.5, 0.6) is 0 Å². The Morgan fingerprint density at radius 1 is 0.875 bits per heavy atom. The van der Waals surface area contributed by atoms with Crippen molar-refractivity contribution in [2.45, 2.75) is 66.0 Å². The zero-order valence-corrected chi connectivity index (χ0v) is 21.6. The normalized spacial score (nSPS) is 13.4. The van der Waals surface area contributed by atoms with Crippen molar-refractivity contribution in [2.75, 3.05) is 6.61 Å². The lowest BCUT2D eigenvalue weighted by Gasteiger charge is -2.42. The highest BCUT2D eigenvalue weighted by atomic mass is 28.4. The maximum atomic E-state index is 11.6. The van der Waals surface area contributed by atoms with Crippen molar-refractivity contribution < 1.29 is 14.0 Å². The number of allylic oxidation sites excluding steroid dienone is 1. The predicted molar refractivity (Wildman–Crippen MR) is 137 cm³/mol. The quantitative estimate of drug-likeness (QED) is 0.275. The second kappa shape index (κ2) is 11.4. The van der Waals surface area contributed by atoms with Gasteiger partial charge in [-0.3, -0.25) is 4.79 Å². The predicted octanol–water partition coefficient (Wildman–Crippen LogP) is 5.80. The Morgan fingerprint density at radius 3 is 1.78 bits per heavy atom. The standard InChI is InChI=1S/C28H38O3Si/c1-22(2)18-19-27(31-24(4)29)23(3)20-21-30-32(28(5,6)7,25-14-10-8-11-15-25)26-16-12-9-13-17-26/h8-18,20,27H,19,21H2,1-7H3/b23-20+/t27-/m0/s1. The SMILES string of the molecule is CC(=O)O[C@@H](CC=C(C)C)/C(C)=C/CO[Si](c1ccccc1)(c1ccccc1)C(C)(C)C. The van der Waals surface area contributed by atoms with Crippen LogP contribution in [0.2, 0.25) is 5.04 Å². The molecule has 0 saturated heterocycles. The van der Waals surface area contributed by atoms with Gasteiger partial charge in [-0.2, -0.15) is 0 Å². The summed E-state index contributed by atoms with van der Waals surface area (Å²) in [6.45, 7) is 14.9. The number of ether oxygens (including phenoxy) is 1. The van der Waals surface area contributed by atoms with Crippen molar-refractivity contribution in [3.05, 3.63) is 84.0 Å². The first kappa shape index (κ1) is 25.8. The lowest BCUT2D eigenvalue weighted by atomic mass is 10.1. The molecule has 2 aromatic rings. The third-order valence-electron chi connectivity index (χ3n) is 5.68. The smallest absolute Gasteiger partial charge is 0.303 e. The van der Waals surface area contributed by atoms with Crippen LogP contribution in [0.1, 0.15) is 54.9 Å². The molecule has 0 aliphatic heterocycles. The van der Waals surface area contributed by atoms with Crippen LogP contribution in [0.15, 0.2) is 84.0 Å². The molecular formula is C28H38O3Si. The Bertz CT molecular complexity index is 881. The molecule has 4 heteroatoms. The zero-order valence-electron chi connectivity index (χ0n) is 20.6. The van der Waals surface area contributed by atoms with Crippen LogP contribution in [-0.4, -0.2) is 27.0 Å². The van der Waals surface area contributed by atoms with Crippen molar-refractivity contribution in [1.29, 1.82) is 0 Å². The highest BCUT2D eigenvalue weighted by molar-refractivity contribution is 6.99. The van der Waals surface area contributed by atoms with Crippen molar-refractivity contribution >= 4 is 24.7 Å². The highest BCUT2D eigenvalue weighted by Gasteiger charge is 2.49. The molecule has 0 fully saturated rings.